The average Bonchev–Trinajstić information content (AvgIpc) is 2.69. The molecule has 0 heterocycles. The highest BCUT2D eigenvalue weighted by Crippen LogP contribution is 2.25. The third-order valence-electron chi connectivity index (χ3n) is 3.61. The molecule has 2 amide bonds. The molecule has 0 saturated heterocycles. The van der Waals surface area contributed by atoms with Crippen LogP contribution >= 0.6 is 0 Å². The van der Waals surface area contributed by atoms with Crippen LogP contribution in [0.4, 0.5) is 15.3 Å². The van der Waals surface area contributed by atoms with Crippen LogP contribution in [0.15, 0.2) is 54.3 Å². The SMILES string of the molecule is C=C/C(C)=C(\C=C\C)NC(=O)OCc1cccc(COC(=O)NC)c1[N+](=O)[O-]. The van der Waals surface area contributed by atoms with E-state index in [2.05, 4.69) is 17.2 Å². The number of carbonyl (C=O) groups is 2. The van der Waals surface area contributed by atoms with E-state index in [0.717, 1.165) is 5.57 Å². The summed E-state index contributed by atoms with van der Waals surface area (Å²) in [5, 5.41) is 16.3. The molecule has 0 bridgehead atoms. The zero-order valence-corrected chi connectivity index (χ0v) is 16.0. The number of nitrogens with one attached hydrogen (secondary N) is 2. The lowest BCUT2D eigenvalue weighted by atomic mass is 10.1. The maximum absolute atomic E-state index is 12.1. The molecule has 150 valence electrons. The predicted molar refractivity (Wildman–Crippen MR) is 103 cm³/mol. The number of para-hydroxylation sites is 1. The van der Waals surface area contributed by atoms with Gasteiger partial charge in [-0.2, -0.15) is 0 Å². The van der Waals surface area contributed by atoms with Gasteiger partial charge < -0.3 is 14.8 Å². The number of nitro groups is 1. The highest BCUT2D eigenvalue weighted by atomic mass is 16.6. The molecule has 0 spiro atoms. The van der Waals surface area contributed by atoms with Crippen LogP contribution in [-0.4, -0.2) is 24.2 Å². The molecule has 0 aliphatic rings. The number of amides is 2. The maximum atomic E-state index is 12.1. The van der Waals surface area contributed by atoms with Crippen molar-refractivity contribution < 1.29 is 24.0 Å². The number of carbonyl (C=O) groups excluding carboxylic acids is 2. The Morgan fingerprint density at radius 2 is 1.79 bits per heavy atom. The van der Waals surface area contributed by atoms with Crippen molar-refractivity contribution in [3.63, 3.8) is 0 Å². The molecule has 0 saturated carbocycles. The fourth-order valence-electron chi connectivity index (χ4n) is 2.17. The summed E-state index contributed by atoms with van der Waals surface area (Å²) >= 11 is 0. The van der Waals surface area contributed by atoms with E-state index in [-0.39, 0.29) is 30.0 Å². The number of rotatable bonds is 8. The second-order valence-corrected chi connectivity index (χ2v) is 5.51. The van der Waals surface area contributed by atoms with E-state index in [1.807, 2.05) is 0 Å². The fraction of sp³-hybridized carbons (Fsp3) is 0.263. The van der Waals surface area contributed by atoms with Crippen molar-refractivity contribution in [2.24, 2.45) is 0 Å². The van der Waals surface area contributed by atoms with E-state index in [9.17, 15) is 19.7 Å². The first kappa shape index (κ1) is 22.4. The Morgan fingerprint density at radius 3 is 2.25 bits per heavy atom. The molecule has 28 heavy (non-hydrogen) atoms. The molecule has 0 aliphatic heterocycles. The van der Waals surface area contributed by atoms with Crippen LogP contribution < -0.4 is 10.6 Å². The summed E-state index contributed by atoms with van der Waals surface area (Å²) in [6.07, 6.45) is 3.52. The van der Waals surface area contributed by atoms with Crippen LogP contribution in [-0.2, 0) is 22.7 Å². The lowest BCUT2D eigenvalue weighted by Gasteiger charge is -2.11. The van der Waals surface area contributed by atoms with Crippen molar-refractivity contribution in [3.05, 3.63) is 75.5 Å². The zero-order chi connectivity index (χ0) is 21.1. The Morgan fingerprint density at radius 1 is 1.21 bits per heavy atom. The predicted octanol–water partition coefficient (Wildman–Crippen LogP) is 3.71. The smallest absolute Gasteiger partial charge is 0.411 e. The molecule has 1 rings (SSSR count). The van der Waals surface area contributed by atoms with Crippen LogP contribution in [0.1, 0.15) is 25.0 Å². The van der Waals surface area contributed by atoms with Gasteiger partial charge >= 0.3 is 12.2 Å². The van der Waals surface area contributed by atoms with E-state index in [1.165, 1.54) is 19.2 Å². The first-order chi connectivity index (χ1) is 13.3. The van der Waals surface area contributed by atoms with Gasteiger partial charge in [0.1, 0.15) is 13.2 Å². The Balaban J connectivity index is 2.94. The number of allylic oxidation sites excluding steroid dienone is 4. The quantitative estimate of drug-likeness (QED) is 0.397. The number of ether oxygens (including phenoxy) is 2. The maximum Gasteiger partial charge on any atom is 0.411 e. The van der Waals surface area contributed by atoms with E-state index in [4.69, 9.17) is 9.47 Å². The molecule has 9 nitrogen and oxygen atoms in total. The van der Waals surface area contributed by atoms with Crippen LogP contribution in [0.3, 0.4) is 0 Å². The topological polar surface area (TPSA) is 120 Å². The van der Waals surface area contributed by atoms with E-state index < -0.39 is 17.1 Å². The minimum atomic E-state index is -0.768. The zero-order valence-electron chi connectivity index (χ0n) is 16.0. The molecule has 0 fully saturated rings. The number of nitro benzene ring substituents is 1. The minimum absolute atomic E-state index is 0.176. The summed E-state index contributed by atoms with van der Waals surface area (Å²) < 4.78 is 9.98. The van der Waals surface area contributed by atoms with Crippen molar-refractivity contribution >= 4 is 17.9 Å². The van der Waals surface area contributed by atoms with Gasteiger partial charge in [0, 0.05) is 12.7 Å². The van der Waals surface area contributed by atoms with Crippen molar-refractivity contribution in [2.75, 3.05) is 7.05 Å². The Labute approximate surface area is 162 Å². The molecule has 1 aromatic rings. The number of benzene rings is 1. The van der Waals surface area contributed by atoms with Gasteiger partial charge in [-0.25, -0.2) is 9.59 Å². The number of alkyl carbamates (subject to hydrolysis) is 2. The van der Waals surface area contributed by atoms with Gasteiger partial charge in [0.05, 0.1) is 16.1 Å². The molecule has 9 heteroatoms. The third-order valence-corrected chi connectivity index (χ3v) is 3.61. The number of nitrogens with zero attached hydrogens (tertiary/aromatic N) is 1. The van der Waals surface area contributed by atoms with Gasteiger partial charge in [-0.1, -0.05) is 24.8 Å². The Hall–Kier alpha value is -3.62. The van der Waals surface area contributed by atoms with Gasteiger partial charge in [0.15, 0.2) is 0 Å². The summed E-state index contributed by atoms with van der Waals surface area (Å²) in [6.45, 7) is 6.58. The Bertz CT molecular complexity index is 814. The summed E-state index contributed by atoms with van der Waals surface area (Å²) in [6, 6.07) is 4.48. The van der Waals surface area contributed by atoms with Crippen molar-refractivity contribution in [3.8, 4) is 0 Å². The summed E-state index contributed by atoms with van der Waals surface area (Å²) in [7, 11) is 1.38. The molecule has 1 aromatic carbocycles. The molecular weight excluding hydrogens is 366 g/mol. The van der Waals surface area contributed by atoms with E-state index in [0.29, 0.717) is 5.70 Å². The monoisotopic (exact) mass is 389 g/mol. The lowest BCUT2D eigenvalue weighted by molar-refractivity contribution is -0.386. The fourth-order valence-corrected chi connectivity index (χ4v) is 2.17. The molecule has 2 N–H and O–H groups in total. The van der Waals surface area contributed by atoms with Gasteiger partial charge in [-0.05, 0) is 37.6 Å². The van der Waals surface area contributed by atoms with Crippen LogP contribution in [0.25, 0.3) is 0 Å². The van der Waals surface area contributed by atoms with Gasteiger partial charge in [-0.3, -0.25) is 15.4 Å². The molecule has 0 atom stereocenters. The average molecular weight is 389 g/mol. The molecule has 0 unspecified atom stereocenters. The van der Waals surface area contributed by atoms with Crippen LogP contribution in [0, 0.1) is 10.1 Å². The second-order valence-electron chi connectivity index (χ2n) is 5.51. The Kier molecular flexibility index (Phi) is 8.94. The highest BCUT2D eigenvalue weighted by Gasteiger charge is 2.21. The van der Waals surface area contributed by atoms with Crippen LogP contribution in [0.5, 0.6) is 0 Å². The standard InChI is InChI=1S/C19H23N3O6/c1-5-8-16(13(3)6-2)21-19(24)28-12-15-10-7-9-14(17(15)22(25)26)11-27-18(23)20-4/h5-10H,2,11-12H2,1,3-4H3,(H,20,23)(H,21,24)/b8-5+,16-13+. The first-order valence-corrected chi connectivity index (χ1v) is 8.33. The number of hydrogen-bond donors (Lipinski definition) is 2. The minimum Gasteiger partial charge on any atom is -0.444 e. The molecule has 0 aliphatic carbocycles. The van der Waals surface area contributed by atoms with Crippen LogP contribution in [0.2, 0.25) is 0 Å². The van der Waals surface area contributed by atoms with Gasteiger partial charge in [0.25, 0.3) is 5.69 Å². The van der Waals surface area contributed by atoms with Crippen molar-refractivity contribution in [1.82, 2.24) is 10.6 Å². The normalized spacial score (nSPS) is 11.4. The second kappa shape index (κ2) is 11.2. The highest BCUT2D eigenvalue weighted by molar-refractivity contribution is 5.71. The van der Waals surface area contributed by atoms with E-state index >= 15 is 0 Å². The largest absolute Gasteiger partial charge is 0.444 e. The lowest BCUT2D eigenvalue weighted by Crippen LogP contribution is -2.24. The van der Waals surface area contributed by atoms with E-state index in [1.54, 1.807) is 38.1 Å². The summed E-state index contributed by atoms with van der Waals surface area (Å²) in [4.78, 5) is 34.1. The summed E-state index contributed by atoms with van der Waals surface area (Å²) in [5.74, 6) is 0. The molecular formula is C19H23N3O6. The van der Waals surface area contributed by atoms with Gasteiger partial charge in [-0.15, -0.1) is 0 Å². The summed E-state index contributed by atoms with van der Waals surface area (Å²) in [5.41, 5.74) is 1.33. The van der Waals surface area contributed by atoms with Gasteiger partial charge in [0.2, 0.25) is 0 Å². The van der Waals surface area contributed by atoms with Crippen molar-refractivity contribution in [2.45, 2.75) is 27.1 Å². The van der Waals surface area contributed by atoms with Crippen molar-refractivity contribution in [1.29, 1.82) is 0 Å². The first-order valence-electron chi connectivity index (χ1n) is 8.33. The molecule has 0 aromatic heterocycles. The molecule has 0 radical (unpaired) electrons. The number of hydrogen-bond acceptors (Lipinski definition) is 6. The third kappa shape index (κ3) is 6.60.